The number of hydrogen-bond acceptors (Lipinski definition) is 2. The van der Waals surface area contributed by atoms with E-state index in [2.05, 4.69) is 5.32 Å². The van der Waals surface area contributed by atoms with Crippen molar-refractivity contribution in [2.24, 2.45) is 11.3 Å². The summed E-state index contributed by atoms with van der Waals surface area (Å²) in [5, 5.41) is 3.73. The minimum Gasteiger partial charge on any atom is -0.380 e. The van der Waals surface area contributed by atoms with E-state index in [0.717, 1.165) is 25.2 Å². The maximum Gasteiger partial charge on any atom is 0.0537 e. The van der Waals surface area contributed by atoms with Crippen LogP contribution >= 0.6 is 0 Å². The Morgan fingerprint density at radius 2 is 2.15 bits per heavy atom. The minimum absolute atomic E-state index is 0.559. The van der Waals surface area contributed by atoms with Gasteiger partial charge in [-0.2, -0.15) is 0 Å². The summed E-state index contributed by atoms with van der Waals surface area (Å²) in [6.07, 6.45) is 6.97. The number of rotatable bonds is 0. The Kier molecular flexibility index (Phi) is 1.88. The van der Waals surface area contributed by atoms with Gasteiger partial charge in [0.05, 0.1) is 13.2 Å². The fourth-order valence-electron chi connectivity index (χ4n) is 3.44. The van der Waals surface area contributed by atoms with Gasteiger partial charge in [-0.1, -0.05) is 6.42 Å². The zero-order valence-electron chi connectivity index (χ0n) is 8.22. The van der Waals surface area contributed by atoms with Crippen molar-refractivity contribution in [3.8, 4) is 0 Å². The summed E-state index contributed by atoms with van der Waals surface area (Å²) in [5.41, 5.74) is 0.559. The molecule has 0 bridgehead atoms. The summed E-state index contributed by atoms with van der Waals surface area (Å²) in [7, 11) is 0. The second kappa shape index (κ2) is 2.96. The van der Waals surface area contributed by atoms with Gasteiger partial charge in [-0.15, -0.1) is 0 Å². The number of ether oxygens (including phenoxy) is 1. The van der Waals surface area contributed by atoms with Gasteiger partial charge in [-0.25, -0.2) is 0 Å². The molecule has 1 saturated carbocycles. The van der Waals surface area contributed by atoms with Gasteiger partial charge >= 0.3 is 0 Å². The topological polar surface area (TPSA) is 21.3 Å². The molecule has 2 unspecified atom stereocenters. The molecule has 2 heteroatoms. The van der Waals surface area contributed by atoms with Gasteiger partial charge in [0, 0.05) is 11.5 Å². The number of nitrogens with one attached hydrogen (secondary N) is 1. The molecule has 2 aliphatic heterocycles. The van der Waals surface area contributed by atoms with E-state index in [9.17, 15) is 0 Å². The van der Waals surface area contributed by atoms with Crippen molar-refractivity contribution in [1.82, 2.24) is 5.32 Å². The van der Waals surface area contributed by atoms with Crippen LogP contribution in [0.25, 0.3) is 0 Å². The lowest BCUT2D eigenvalue weighted by Crippen LogP contribution is -2.61. The second-order valence-corrected chi connectivity index (χ2v) is 5.07. The van der Waals surface area contributed by atoms with Crippen molar-refractivity contribution in [3.05, 3.63) is 0 Å². The van der Waals surface area contributed by atoms with E-state index in [1.165, 1.54) is 38.6 Å². The lowest BCUT2D eigenvalue weighted by Gasteiger charge is -2.55. The first-order chi connectivity index (χ1) is 6.41. The summed E-state index contributed by atoms with van der Waals surface area (Å²) in [5.74, 6) is 0.822. The van der Waals surface area contributed by atoms with Crippen LogP contribution in [-0.2, 0) is 4.74 Å². The molecule has 13 heavy (non-hydrogen) atoms. The minimum atomic E-state index is 0.559. The summed E-state index contributed by atoms with van der Waals surface area (Å²) in [6, 6.07) is 0.795. The molecular weight excluding hydrogens is 162 g/mol. The number of piperidine rings is 1. The van der Waals surface area contributed by atoms with Gasteiger partial charge in [0.25, 0.3) is 0 Å². The van der Waals surface area contributed by atoms with Crippen LogP contribution in [0, 0.1) is 11.3 Å². The predicted molar refractivity (Wildman–Crippen MR) is 51.6 cm³/mol. The molecule has 0 aromatic heterocycles. The molecule has 0 radical (unpaired) electrons. The highest BCUT2D eigenvalue weighted by Crippen LogP contribution is 2.49. The van der Waals surface area contributed by atoms with Gasteiger partial charge < -0.3 is 10.1 Å². The van der Waals surface area contributed by atoms with Crippen LogP contribution in [0.2, 0.25) is 0 Å². The maximum absolute atomic E-state index is 5.76. The van der Waals surface area contributed by atoms with Crippen LogP contribution in [0.4, 0.5) is 0 Å². The van der Waals surface area contributed by atoms with Gasteiger partial charge in [-0.3, -0.25) is 0 Å². The highest BCUT2D eigenvalue weighted by Gasteiger charge is 2.50. The molecule has 3 fully saturated rings. The van der Waals surface area contributed by atoms with E-state index in [1.54, 1.807) is 0 Å². The summed E-state index contributed by atoms with van der Waals surface area (Å²) >= 11 is 0. The van der Waals surface area contributed by atoms with Crippen molar-refractivity contribution in [1.29, 1.82) is 0 Å². The molecule has 1 aliphatic carbocycles. The predicted octanol–water partition coefficient (Wildman–Crippen LogP) is 1.56. The van der Waals surface area contributed by atoms with E-state index >= 15 is 0 Å². The van der Waals surface area contributed by atoms with E-state index in [0.29, 0.717) is 5.41 Å². The van der Waals surface area contributed by atoms with Crippen LogP contribution in [0.15, 0.2) is 0 Å². The zero-order valence-corrected chi connectivity index (χ0v) is 8.22. The standard InChI is InChI=1S/C11H19NO/c1-3-9-7-13-8-11(4-2-5-11)10(9)12-6-1/h9-10,12H,1-8H2. The lowest BCUT2D eigenvalue weighted by atomic mass is 9.59. The maximum atomic E-state index is 5.76. The van der Waals surface area contributed by atoms with Gasteiger partial charge in [0.1, 0.15) is 0 Å². The van der Waals surface area contributed by atoms with Crippen LogP contribution in [-0.4, -0.2) is 25.8 Å². The first-order valence-corrected chi connectivity index (χ1v) is 5.72. The van der Waals surface area contributed by atoms with Crippen molar-refractivity contribution in [3.63, 3.8) is 0 Å². The third-order valence-corrected chi connectivity index (χ3v) is 4.32. The molecule has 74 valence electrons. The molecule has 0 aromatic rings. The van der Waals surface area contributed by atoms with Crippen LogP contribution in [0.1, 0.15) is 32.1 Å². The molecule has 2 heterocycles. The Bertz CT molecular complexity index is 198. The molecule has 1 spiro atoms. The first-order valence-electron chi connectivity index (χ1n) is 5.72. The lowest BCUT2D eigenvalue weighted by molar-refractivity contribution is -0.117. The molecule has 0 amide bonds. The summed E-state index contributed by atoms with van der Waals surface area (Å²) in [6.45, 7) is 3.28. The quantitative estimate of drug-likeness (QED) is 0.612. The van der Waals surface area contributed by atoms with Crippen LogP contribution < -0.4 is 5.32 Å². The van der Waals surface area contributed by atoms with Crippen LogP contribution in [0.3, 0.4) is 0 Å². The molecule has 1 N–H and O–H groups in total. The van der Waals surface area contributed by atoms with E-state index in [4.69, 9.17) is 4.74 Å². The summed E-state index contributed by atoms with van der Waals surface area (Å²) in [4.78, 5) is 0. The highest BCUT2D eigenvalue weighted by atomic mass is 16.5. The molecular formula is C11H19NO. The van der Waals surface area contributed by atoms with Gasteiger partial charge in [-0.05, 0) is 38.1 Å². The average Bonchev–Trinajstić information content (AvgIpc) is 2.14. The van der Waals surface area contributed by atoms with E-state index in [-0.39, 0.29) is 0 Å². The average molecular weight is 181 g/mol. The Labute approximate surface area is 80.0 Å². The monoisotopic (exact) mass is 181 g/mol. The SMILES string of the molecule is C1CNC2C(C1)COCC21CCC1. The smallest absolute Gasteiger partial charge is 0.0537 e. The Balaban J connectivity index is 1.80. The first kappa shape index (κ1) is 8.25. The third kappa shape index (κ3) is 1.15. The van der Waals surface area contributed by atoms with Gasteiger partial charge in [0.2, 0.25) is 0 Å². The van der Waals surface area contributed by atoms with Crippen molar-refractivity contribution < 1.29 is 4.74 Å². The van der Waals surface area contributed by atoms with E-state index in [1.807, 2.05) is 0 Å². The Hall–Kier alpha value is -0.0800. The second-order valence-electron chi connectivity index (χ2n) is 5.07. The zero-order chi connectivity index (χ0) is 8.73. The molecule has 2 nitrogen and oxygen atoms in total. The largest absolute Gasteiger partial charge is 0.380 e. The normalized spacial score (nSPS) is 42.5. The van der Waals surface area contributed by atoms with E-state index < -0.39 is 0 Å². The number of fused-ring (bicyclic) bond motifs is 2. The number of hydrogen-bond donors (Lipinski definition) is 1. The highest BCUT2D eigenvalue weighted by molar-refractivity contribution is 5.03. The molecule has 2 saturated heterocycles. The third-order valence-electron chi connectivity index (χ3n) is 4.32. The molecule has 0 aromatic carbocycles. The van der Waals surface area contributed by atoms with Crippen LogP contribution in [0.5, 0.6) is 0 Å². The fraction of sp³-hybridized carbons (Fsp3) is 1.00. The Morgan fingerprint density at radius 3 is 2.92 bits per heavy atom. The van der Waals surface area contributed by atoms with Gasteiger partial charge in [0.15, 0.2) is 0 Å². The fourth-order valence-corrected chi connectivity index (χ4v) is 3.44. The van der Waals surface area contributed by atoms with Crippen molar-refractivity contribution in [2.75, 3.05) is 19.8 Å². The molecule has 3 aliphatic rings. The Morgan fingerprint density at radius 1 is 1.23 bits per heavy atom. The molecule has 2 atom stereocenters. The van der Waals surface area contributed by atoms with Crippen molar-refractivity contribution in [2.45, 2.75) is 38.1 Å². The molecule has 3 rings (SSSR count). The van der Waals surface area contributed by atoms with Crippen molar-refractivity contribution >= 4 is 0 Å². The summed E-state index contributed by atoms with van der Waals surface area (Å²) < 4.78 is 5.76.